The van der Waals surface area contributed by atoms with Gasteiger partial charge in [-0.2, -0.15) is 5.10 Å². The summed E-state index contributed by atoms with van der Waals surface area (Å²) in [6.07, 6.45) is 1.64. The number of rotatable bonds is 7. The number of benzene rings is 1. The molecule has 0 unspecified atom stereocenters. The van der Waals surface area contributed by atoms with E-state index in [0.29, 0.717) is 17.2 Å². The Morgan fingerprint density at radius 2 is 1.89 bits per heavy atom. The number of thiophene rings is 1. The molecule has 2 aromatic heterocycles. The van der Waals surface area contributed by atoms with Crippen molar-refractivity contribution in [1.82, 2.24) is 15.1 Å². The third kappa shape index (κ3) is 4.67. The Hall–Kier alpha value is -2.93. The minimum absolute atomic E-state index is 0.00807. The van der Waals surface area contributed by atoms with E-state index in [9.17, 15) is 9.59 Å². The fourth-order valence-corrected chi connectivity index (χ4v) is 3.23. The van der Waals surface area contributed by atoms with Crippen LogP contribution in [0.1, 0.15) is 31.1 Å². The minimum atomic E-state index is -0.571. The summed E-state index contributed by atoms with van der Waals surface area (Å²) >= 11 is 1.49. The molecule has 1 aromatic carbocycles. The van der Waals surface area contributed by atoms with Crippen LogP contribution in [-0.4, -0.2) is 34.3 Å². The van der Waals surface area contributed by atoms with E-state index in [2.05, 4.69) is 10.4 Å². The lowest BCUT2D eigenvalue weighted by Crippen LogP contribution is -2.38. The number of hydrogen-bond donors (Lipinski definition) is 1. The van der Waals surface area contributed by atoms with Gasteiger partial charge in [0.1, 0.15) is 11.3 Å². The summed E-state index contributed by atoms with van der Waals surface area (Å²) in [4.78, 5) is 25.6. The maximum atomic E-state index is 12.7. The summed E-state index contributed by atoms with van der Waals surface area (Å²) < 4.78 is 6.90. The molecular weight excluding hydrogens is 374 g/mol. The van der Waals surface area contributed by atoms with Gasteiger partial charge in [0.2, 0.25) is 0 Å². The molecule has 0 radical (unpaired) electrons. The zero-order valence-electron chi connectivity index (χ0n) is 16.1. The Kier molecular flexibility index (Phi) is 6.26. The normalized spacial score (nSPS) is 12.0. The number of carbonyl (C=O) groups is 2. The van der Waals surface area contributed by atoms with Crippen molar-refractivity contribution in [2.24, 2.45) is 5.92 Å². The van der Waals surface area contributed by atoms with Crippen LogP contribution in [0.5, 0.6) is 0 Å². The van der Waals surface area contributed by atoms with Crippen molar-refractivity contribution in [3.63, 3.8) is 0 Å². The van der Waals surface area contributed by atoms with Crippen molar-refractivity contribution >= 4 is 23.2 Å². The highest BCUT2D eigenvalue weighted by Crippen LogP contribution is 2.28. The second kappa shape index (κ2) is 8.84. The summed E-state index contributed by atoms with van der Waals surface area (Å²) in [5.74, 6) is -0.588. The van der Waals surface area contributed by atoms with E-state index < -0.39 is 5.97 Å². The fraction of sp³-hybridized carbons (Fsp3) is 0.286. The number of carbonyl (C=O) groups excluding carboxylic acids is 2. The highest BCUT2D eigenvalue weighted by atomic mass is 32.1. The van der Waals surface area contributed by atoms with Gasteiger partial charge in [0.15, 0.2) is 6.61 Å². The highest BCUT2D eigenvalue weighted by Gasteiger charge is 2.22. The largest absolute Gasteiger partial charge is 0.452 e. The molecule has 28 heavy (non-hydrogen) atoms. The van der Waals surface area contributed by atoms with Crippen LogP contribution < -0.4 is 5.32 Å². The molecular formula is C21H23N3O3S. The standard InChI is InChI=1S/C21H23N3O3S/c1-14(2)15(3)22-19(25)13-27-21(26)17-12-24(16-8-5-4-6-9-16)23-20(17)18-10-7-11-28-18/h4-12,14-15H,13H2,1-3H3,(H,22,25)/t15-/m0/s1. The first-order chi connectivity index (χ1) is 13.5. The molecule has 0 aliphatic heterocycles. The van der Waals surface area contributed by atoms with Crippen molar-refractivity contribution in [2.75, 3.05) is 6.61 Å². The van der Waals surface area contributed by atoms with Gasteiger partial charge in [-0.1, -0.05) is 38.1 Å². The van der Waals surface area contributed by atoms with E-state index in [1.165, 1.54) is 11.3 Å². The number of hydrogen-bond acceptors (Lipinski definition) is 5. The maximum absolute atomic E-state index is 12.7. The SMILES string of the molecule is CC(C)[C@H](C)NC(=O)COC(=O)c1cn(-c2ccccc2)nc1-c1cccs1. The quantitative estimate of drug-likeness (QED) is 0.613. The van der Waals surface area contributed by atoms with E-state index in [0.717, 1.165) is 10.6 Å². The highest BCUT2D eigenvalue weighted by molar-refractivity contribution is 7.13. The smallest absolute Gasteiger partial charge is 0.342 e. The van der Waals surface area contributed by atoms with Crippen molar-refractivity contribution in [2.45, 2.75) is 26.8 Å². The van der Waals surface area contributed by atoms with Crippen LogP contribution in [-0.2, 0) is 9.53 Å². The molecule has 7 heteroatoms. The number of para-hydroxylation sites is 1. The van der Waals surface area contributed by atoms with Crippen LogP contribution in [0.4, 0.5) is 0 Å². The second-order valence-corrected chi connectivity index (χ2v) is 7.77. The summed E-state index contributed by atoms with van der Waals surface area (Å²) in [6, 6.07) is 13.3. The molecule has 0 saturated heterocycles. The van der Waals surface area contributed by atoms with Gasteiger partial charge < -0.3 is 10.1 Å². The van der Waals surface area contributed by atoms with Crippen LogP contribution in [0.25, 0.3) is 16.3 Å². The van der Waals surface area contributed by atoms with E-state index in [1.807, 2.05) is 68.6 Å². The summed E-state index contributed by atoms with van der Waals surface area (Å²) in [7, 11) is 0. The molecule has 3 aromatic rings. The van der Waals surface area contributed by atoms with Gasteiger partial charge in [0, 0.05) is 12.2 Å². The van der Waals surface area contributed by atoms with Crippen LogP contribution in [0.15, 0.2) is 54.0 Å². The maximum Gasteiger partial charge on any atom is 0.342 e. The molecule has 1 amide bonds. The molecule has 1 N–H and O–H groups in total. The van der Waals surface area contributed by atoms with Gasteiger partial charge in [-0.3, -0.25) is 4.79 Å². The summed E-state index contributed by atoms with van der Waals surface area (Å²) in [5, 5.41) is 9.32. The van der Waals surface area contributed by atoms with Gasteiger partial charge in [0.25, 0.3) is 5.91 Å². The molecule has 0 fully saturated rings. The van der Waals surface area contributed by atoms with Gasteiger partial charge in [-0.25, -0.2) is 9.48 Å². The topological polar surface area (TPSA) is 73.2 Å². The van der Waals surface area contributed by atoms with Gasteiger partial charge in [-0.05, 0) is 36.4 Å². The molecule has 0 aliphatic carbocycles. The van der Waals surface area contributed by atoms with E-state index in [4.69, 9.17) is 4.74 Å². The summed E-state index contributed by atoms with van der Waals surface area (Å²) in [5.41, 5.74) is 1.71. The van der Waals surface area contributed by atoms with Crippen molar-refractivity contribution < 1.29 is 14.3 Å². The van der Waals surface area contributed by atoms with Crippen LogP contribution in [0.3, 0.4) is 0 Å². The number of nitrogens with zero attached hydrogens (tertiary/aromatic N) is 2. The van der Waals surface area contributed by atoms with E-state index >= 15 is 0 Å². The van der Waals surface area contributed by atoms with Crippen molar-refractivity contribution in [3.05, 3.63) is 59.6 Å². The summed E-state index contributed by atoms with van der Waals surface area (Å²) in [6.45, 7) is 5.63. The number of amides is 1. The predicted octanol–water partition coefficient (Wildman–Crippen LogP) is 3.92. The molecule has 2 heterocycles. The van der Waals surface area contributed by atoms with Gasteiger partial charge in [-0.15, -0.1) is 11.3 Å². The van der Waals surface area contributed by atoms with E-state index in [-0.39, 0.29) is 18.6 Å². The number of ether oxygens (including phenoxy) is 1. The molecule has 0 saturated carbocycles. The first-order valence-electron chi connectivity index (χ1n) is 9.11. The van der Waals surface area contributed by atoms with Crippen molar-refractivity contribution in [1.29, 1.82) is 0 Å². The molecule has 1 atom stereocenters. The second-order valence-electron chi connectivity index (χ2n) is 6.83. The molecule has 146 valence electrons. The third-order valence-corrected chi connectivity index (χ3v) is 5.31. The monoisotopic (exact) mass is 397 g/mol. The lowest BCUT2D eigenvalue weighted by molar-refractivity contribution is -0.125. The zero-order valence-corrected chi connectivity index (χ0v) is 16.9. The van der Waals surface area contributed by atoms with E-state index in [1.54, 1.807) is 10.9 Å². The first-order valence-corrected chi connectivity index (χ1v) is 9.99. The third-order valence-electron chi connectivity index (χ3n) is 4.43. The van der Waals surface area contributed by atoms with Crippen LogP contribution in [0.2, 0.25) is 0 Å². The Morgan fingerprint density at radius 1 is 1.14 bits per heavy atom. The zero-order chi connectivity index (χ0) is 20.1. The molecule has 0 aliphatic rings. The number of nitrogens with one attached hydrogen (secondary N) is 1. The Morgan fingerprint density at radius 3 is 2.54 bits per heavy atom. The Balaban J connectivity index is 1.79. The minimum Gasteiger partial charge on any atom is -0.452 e. The van der Waals surface area contributed by atoms with Crippen LogP contribution in [0, 0.1) is 5.92 Å². The van der Waals surface area contributed by atoms with Crippen molar-refractivity contribution in [3.8, 4) is 16.3 Å². The molecule has 6 nitrogen and oxygen atoms in total. The lowest BCUT2D eigenvalue weighted by atomic mass is 10.1. The van der Waals surface area contributed by atoms with Crippen LogP contribution >= 0.6 is 11.3 Å². The Labute approximate surface area is 168 Å². The average Bonchev–Trinajstić information content (AvgIpc) is 3.36. The fourth-order valence-electron chi connectivity index (χ4n) is 2.50. The average molecular weight is 398 g/mol. The molecule has 3 rings (SSSR count). The number of aromatic nitrogens is 2. The number of esters is 1. The predicted molar refractivity (Wildman–Crippen MR) is 110 cm³/mol. The first kappa shape index (κ1) is 19.8. The van der Waals surface area contributed by atoms with Gasteiger partial charge in [0.05, 0.1) is 10.6 Å². The van der Waals surface area contributed by atoms with Gasteiger partial charge >= 0.3 is 5.97 Å². The lowest BCUT2D eigenvalue weighted by Gasteiger charge is -2.17. The molecule has 0 spiro atoms. The molecule has 0 bridgehead atoms. The Bertz CT molecular complexity index is 933.